The number of amides is 1. The van der Waals surface area contributed by atoms with E-state index < -0.39 is 11.9 Å². The van der Waals surface area contributed by atoms with E-state index in [-0.39, 0.29) is 23.9 Å². The van der Waals surface area contributed by atoms with Crippen LogP contribution in [-0.4, -0.2) is 39.6 Å². The first-order valence-corrected chi connectivity index (χ1v) is 5.65. The Balaban J connectivity index is 3.09. The largest absolute Gasteiger partial charge is 0.507 e. The minimum absolute atomic E-state index is 0.130. The second-order valence-electron chi connectivity index (χ2n) is 4.44. The van der Waals surface area contributed by atoms with Crippen molar-refractivity contribution >= 4 is 11.9 Å². The highest BCUT2D eigenvalue weighted by atomic mass is 16.4. The summed E-state index contributed by atoms with van der Waals surface area (Å²) >= 11 is 0. The number of aryl methyl sites for hydroxylation is 1. The van der Waals surface area contributed by atoms with Crippen LogP contribution in [0.1, 0.15) is 29.8 Å². The summed E-state index contributed by atoms with van der Waals surface area (Å²) in [5, 5.41) is 18.5. The molecule has 0 aliphatic carbocycles. The SMILES string of the molecule is Cc1ccc(O)c(C(=O)N(CC(=O)O)C(C)C)c1. The molecule has 18 heavy (non-hydrogen) atoms. The number of carbonyl (C=O) groups excluding carboxylic acids is 1. The maximum absolute atomic E-state index is 12.2. The predicted octanol–water partition coefficient (Wildman–Crippen LogP) is 1.64. The number of carboxylic acid groups (broad SMARTS) is 1. The number of carboxylic acids is 1. The molecule has 0 spiro atoms. The fourth-order valence-corrected chi connectivity index (χ4v) is 1.61. The molecular weight excluding hydrogens is 234 g/mol. The zero-order chi connectivity index (χ0) is 13.9. The Hall–Kier alpha value is -2.04. The first-order chi connectivity index (χ1) is 8.32. The summed E-state index contributed by atoms with van der Waals surface area (Å²) in [7, 11) is 0. The van der Waals surface area contributed by atoms with Gasteiger partial charge in [0.1, 0.15) is 12.3 Å². The van der Waals surface area contributed by atoms with Gasteiger partial charge in [0, 0.05) is 6.04 Å². The van der Waals surface area contributed by atoms with Crippen molar-refractivity contribution in [3.63, 3.8) is 0 Å². The van der Waals surface area contributed by atoms with Gasteiger partial charge in [0.25, 0.3) is 5.91 Å². The van der Waals surface area contributed by atoms with Gasteiger partial charge >= 0.3 is 5.97 Å². The first kappa shape index (κ1) is 14.0. The summed E-state index contributed by atoms with van der Waals surface area (Å²) in [6.45, 7) is 4.87. The third kappa shape index (κ3) is 3.23. The van der Waals surface area contributed by atoms with E-state index >= 15 is 0 Å². The van der Waals surface area contributed by atoms with Gasteiger partial charge in [-0.2, -0.15) is 0 Å². The van der Waals surface area contributed by atoms with Gasteiger partial charge < -0.3 is 15.1 Å². The van der Waals surface area contributed by atoms with Gasteiger partial charge in [0.15, 0.2) is 0 Å². The van der Waals surface area contributed by atoms with Crippen LogP contribution in [0.2, 0.25) is 0 Å². The molecule has 5 heteroatoms. The number of phenols is 1. The lowest BCUT2D eigenvalue weighted by Gasteiger charge is -2.25. The molecule has 1 amide bonds. The van der Waals surface area contributed by atoms with E-state index in [1.54, 1.807) is 32.9 Å². The molecule has 1 rings (SSSR count). The van der Waals surface area contributed by atoms with Gasteiger partial charge in [0.2, 0.25) is 0 Å². The first-order valence-electron chi connectivity index (χ1n) is 5.65. The molecule has 0 aliphatic heterocycles. The number of phenolic OH excluding ortho intramolecular Hbond substituents is 1. The average Bonchev–Trinajstić information content (AvgIpc) is 2.27. The molecule has 0 fully saturated rings. The molecule has 2 N–H and O–H groups in total. The summed E-state index contributed by atoms with van der Waals surface area (Å²) in [5.41, 5.74) is 0.958. The molecular formula is C13H17NO4. The van der Waals surface area contributed by atoms with Gasteiger partial charge in [-0.1, -0.05) is 11.6 Å². The number of hydrogen-bond donors (Lipinski definition) is 2. The summed E-state index contributed by atoms with van der Waals surface area (Å²) in [6, 6.07) is 4.41. The highest BCUT2D eigenvalue weighted by molar-refractivity contribution is 5.98. The molecule has 0 radical (unpaired) electrons. The number of hydrogen-bond acceptors (Lipinski definition) is 3. The quantitative estimate of drug-likeness (QED) is 0.852. The van der Waals surface area contributed by atoms with Crippen molar-refractivity contribution in [2.45, 2.75) is 26.8 Å². The van der Waals surface area contributed by atoms with Crippen molar-refractivity contribution in [2.24, 2.45) is 0 Å². The van der Waals surface area contributed by atoms with Crippen LogP contribution in [0.3, 0.4) is 0 Å². The van der Waals surface area contributed by atoms with Crippen molar-refractivity contribution in [3.8, 4) is 5.75 Å². The molecule has 1 aromatic rings. The Labute approximate surface area is 106 Å². The number of aliphatic carboxylic acids is 1. The van der Waals surface area contributed by atoms with Crippen LogP contribution >= 0.6 is 0 Å². The van der Waals surface area contributed by atoms with E-state index in [1.807, 2.05) is 0 Å². The van der Waals surface area contributed by atoms with E-state index in [0.717, 1.165) is 5.56 Å². The van der Waals surface area contributed by atoms with Crippen LogP contribution in [0.15, 0.2) is 18.2 Å². The van der Waals surface area contributed by atoms with E-state index in [9.17, 15) is 14.7 Å². The molecule has 0 atom stereocenters. The number of benzene rings is 1. The Kier molecular flexibility index (Phi) is 4.31. The minimum atomic E-state index is -1.08. The maximum atomic E-state index is 12.2. The van der Waals surface area contributed by atoms with Gasteiger partial charge in [-0.05, 0) is 32.9 Å². The molecule has 5 nitrogen and oxygen atoms in total. The Morgan fingerprint density at radius 2 is 1.94 bits per heavy atom. The lowest BCUT2D eigenvalue weighted by Crippen LogP contribution is -2.40. The van der Waals surface area contributed by atoms with Crippen molar-refractivity contribution in [2.75, 3.05) is 6.54 Å². The normalized spacial score (nSPS) is 10.4. The third-order valence-electron chi connectivity index (χ3n) is 2.57. The molecule has 98 valence electrons. The van der Waals surface area contributed by atoms with Gasteiger partial charge in [-0.3, -0.25) is 9.59 Å². The summed E-state index contributed by atoms with van der Waals surface area (Å²) in [6.07, 6.45) is 0. The van der Waals surface area contributed by atoms with Crippen molar-refractivity contribution in [1.29, 1.82) is 0 Å². The average molecular weight is 251 g/mol. The number of nitrogens with zero attached hydrogens (tertiary/aromatic N) is 1. The molecule has 1 aromatic carbocycles. The lowest BCUT2D eigenvalue weighted by molar-refractivity contribution is -0.138. The molecule has 0 saturated carbocycles. The monoisotopic (exact) mass is 251 g/mol. The fraction of sp³-hybridized carbons (Fsp3) is 0.385. The molecule has 0 heterocycles. The minimum Gasteiger partial charge on any atom is -0.507 e. The van der Waals surface area contributed by atoms with Crippen LogP contribution in [0.4, 0.5) is 0 Å². The number of carbonyl (C=O) groups is 2. The van der Waals surface area contributed by atoms with Crippen LogP contribution in [-0.2, 0) is 4.79 Å². The fourth-order valence-electron chi connectivity index (χ4n) is 1.61. The van der Waals surface area contributed by atoms with Gasteiger partial charge in [-0.15, -0.1) is 0 Å². The van der Waals surface area contributed by atoms with Crippen molar-refractivity contribution in [3.05, 3.63) is 29.3 Å². The molecule has 0 unspecified atom stereocenters. The zero-order valence-electron chi connectivity index (χ0n) is 10.7. The van der Waals surface area contributed by atoms with Crippen LogP contribution in [0, 0.1) is 6.92 Å². The predicted molar refractivity (Wildman–Crippen MR) is 66.7 cm³/mol. The third-order valence-corrected chi connectivity index (χ3v) is 2.57. The van der Waals surface area contributed by atoms with E-state index in [2.05, 4.69) is 0 Å². The van der Waals surface area contributed by atoms with Crippen LogP contribution < -0.4 is 0 Å². The van der Waals surface area contributed by atoms with Gasteiger partial charge in [-0.25, -0.2) is 0 Å². The van der Waals surface area contributed by atoms with E-state index in [1.165, 1.54) is 11.0 Å². The topological polar surface area (TPSA) is 77.8 Å². The molecule has 0 aromatic heterocycles. The molecule has 0 aliphatic rings. The summed E-state index contributed by atoms with van der Waals surface area (Å²) in [4.78, 5) is 24.1. The smallest absolute Gasteiger partial charge is 0.323 e. The van der Waals surface area contributed by atoms with Crippen molar-refractivity contribution in [1.82, 2.24) is 4.90 Å². The van der Waals surface area contributed by atoms with Crippen molar-refractivity contribution < 1.29 is 19.8 Å². The summed E-state index contributed by atoms with van der Waals surface area (Å²) in [5.74, 6) is -1.69. The number of rotatable bonds is 4. The van der Waals surface area contributed by atoms with Crippen LogP contribution in [0.5, 0.6) is 5.75 Å². The molecule has 0 saturated heterocycles. The van der Waals surface area contributed by atoms with E-state index in [0.29, 0.717) is 0 Å². The summed E-state index contributed by atoms with van der Waals surface area (Å²) < 4.78 is 0. The Morgan fingerprint density at radius 1 is 1.33 bits per heavy atom. The van der Waals surface area contributed by atoms with Gasteiger partial charge in [0.05, 0.1) is 5.56 Å². The van der Waals surface area contributed by atoms with E-state index in [4.69, 9.17) is 5.11 Å². The Bertz CT molecular complexity index is 468. The highest BCUT2D eigenvalue weighted by Crippen LogP contribution is 2.21. The Morgan fingerprint density at radius 3 is 2.44 bits per heavy atom. The maximum Gasteiger partial charge on any atom is 0.323 e. The van der Waals surface area contributed by atoms with Crippen LogP contribution in [0.25, 0.3) is 0 Å². The number of aromatic hydroxyl groups is 1. The molecule has 0 bridgehead atoms. The highest BCUT2D eigenvalue weighted by Gasteiger charge is 2.23. The second kappa shape index (κ2) is 5.53. The standard InChI is InChI=1S/C13H17NO4/c1-8(2)14(7-12(16)17)13(18)10-6-9(3)4-5-11(10)15/h4-6,8,15H,7H2,1-3H3,(H,16,17). The zero-order valence-corrected chi connectivity index (χ0v) is 10.7. The second-order valence-corrected chi connectivity index (χ2v) is 4.44. The lowest BCUT2D eigenvalue weighted by atomic mass is 10.1.